The summed E-state index contributed by atoms with van der Waals surface area (Å²) in [6.07, 6.45) is 3.60. The molecule has 1 atom stereocenters. The van der Waals surface area contributed by atoms with Crippen molar-refractivity contribution in [1.82, 2.24) is 10.3 Å². The summed E-state index contributed by atoms with van der Waals surface area (Å²) in [4.78, 5) is 30.9. The Kier molecular flexibility index (Phi) is 4.87. The van der Waals surface area contributed by atoms with Crippen LogP contribution >= 0.6 is 0 Å². The van der Waals surface area contributed by atoms with Gasteiger partial charge in [-0.15, -0.1) is 0 Å². The zero-order chi connectivity index (χ0) is 19.7. The third kappa shape index (κ3) is 3.63. The highest BCUT2D eigenvalue weighted by molar-refractivity contribution is 5.90. The Labute approximate surface area is 163 Å². The fraction of sp³-hybridized carbons (Fsp3) is 0.550. The zero-order valence-electron chi connectivity index (χ0n) is 16.2. The number of carbonyl (C=O) groups excluding carboxylic acids is 2. The first-order chi connectivity index (χ1) is 13.5. The number of oxazole rings is 1. The van der Waals surface area contributed by atoms with Gasteiger partial charge in [0, 0.05) is 25.6 Å². The molecule has 8 nitrogen and oxygen atoms in total. The zero-order valence-corrected chi connectivity index (χ0v) is 16.2. The van der Waals surface area contributed by atoms with Gasteiger partial charge in [0.2, 0.25) is 5.91 Å². The summed E-state index contributed by atoms with van der Waals surface area (Å²) in [7, 11) is 2.97. The topological polar surface area (TPSA) is 93.9 Å². The van der Waals surface area contributed by atoms with Crippen LogP contribution in [0.15, 0.2) is 22.6 Å². The number of piperidine rings is 1. The molecule has 1 aromatic carbocycles. The predicted octanol–water partition coefficient (Wildman–Crippen LogP) is 2.26. The van der Waals surface area contributed by atoms with E-state index in [0.717, 1.165) is 30.7 Å². The number of fused-ring (bicyclic) bond motifs is 1. The first-order valence-electron chi connectivity index (χ1n) is 9.62. The van der Waals surface area contributed by atoms with Crippen LogP contribution in [0.1, 0.15) is 32.1 Å². The number of anilines is 1. The van der Waals surface area contributed by atoms with Crippen molar-refractivity contribution in [3.05, 3.63) is 18.2 Å². The van der Waals surface area contributed by atoms with Gasteiger partial charge in [-0.05, 0) is 43.7 Å². The van der Waals surface area contributed by atoms with Crippen molar-refractivity contribution in [3.8, 4) is 5.75 Å². The molecule has 150 valence electrons. The number of nitrogens with one attached hydrogen (secondary N) is 1. The molecule has 1 aromatic heterocycles. The van der Waals surface area contributed by atoms with E-state index in [1.54, 1.807) is 7.11 Å². The van der Waals surface area contributed by atoms with Crippen LogP contribution in [0, 0.1) is 5.92 Å². The van der Waals surface area contributed by atoms with Crippen molar-refractivity contribution in [2.75, 3.05) is 32.2 Å². The maximum Gasteiger partial charge on any atom is 0.331 e. The van der Waals surface area contributed by atoms with Crippen molar-refractivity contribution < 1.29 is 23.5 Å². The summed E-state index contributed by atoms with van der Waals surface area (Å²) in [5, 5.41) is 2.87. The first-order valence-corrected chi connectivity index (χ1v) is 9.62. The molecule has 0 spiro atoms. The van der Waals surface area contributed by atoms with Crippen LogP contribution in [-0.4, -0.2) is 49.7 Å². The van der Waals surface area contributed by atoms with Gasteiger partial charge in [-0.1, -0.05) is 0 Å². The quantitative estimate of drug-likeness (QED) is 0.760. The van der Waals surface area contributed by atoms with Gasteiger partial charge >= 0.3 is 5.97 Å². The Balaban J connectivity index is 1.39. The Morgan fingerprint density at radius 2 is 2.18 bits per heavy atom. The third-order valence-electron chi connectivity index (χ3n) is 5.55. The van der Waals surface area contributed by atoms with Gasteiger partial charge in [-0.25, -0.2) is 4.79 Å². The second-order valence-corrected chi connectivity index (χ2v) is 7.61. The molecular formula is C20H25N3O5. The number of methoxy groups -OCH3 is 2. The molecule has 1 saturated carbocycles. The SMILES string of the molecule is COC(=O)C1(NC(=O)CC2CCCN(c3nc4cc(OC)ccc4o3)C2)CC1. The van der Waals surface area contributed by atoms with E-state index >= 15 is 0 Å². The number of carbonyl (C=O) groups is 2. The molecule has 1 unspecified atom stereocenters. The molecule has 28 heavy (non-hydrogen) atoms. The summed E-state index contributed by atoms with van der Waals surface area (Å²) in [6, 6.07) is 6.11. The highest BCUT2D eigenvalue weighted by atomic mass is 16.5. The average Bonchev–Trinajstić information content (AvgIpc) is 3.35. The van der Waals surface area contributed by atoms with Crippen molar-refractivity contribution in [1.29, 1.82) is 0 Å². The fourth-order valence-corrected chi connectivity index (χ4v) is 3.84. The number of benzene rings is 1. The Morgan fingerprint density at radius 1 is 1.36 bits per heavy atom. The molecular weight excluding hydrogens is 362 g/mol. The standard InChI is InChI=1S/C20H25N3O5/c1-26-14-5-6-16-15(11-14)21-19(28-16)23-9-3-4-13(12-23)10-17(24)22-20(7-8-20)18(25)27-2/h5-6,11,13H,3-4,7-10,12H2,1-2H3,(H,22,24). The minimum Gasteiger partial charge on any atom is -0.497 e. The number of rotatable bonds is 6. The summed E-state index contributed by atoms with van der Waals surface area (Å²) in [5.74, 6) is 0.469. The lowest BCUT2D eigenvalue weighted by Gasteiger charge is -2.31. The molecule has 1 aliphatic carbocycles. The maximum atomic E-state index is 12.5. The van der Waals surface area contributed by atoms with Crippen LogP contribution in [0.3, 0.4) is 0 Å². The van der Waals surface area contributed by atoms with Crippen LogP contribution in [0.5, 0.6) is 5.75 Å². The van der Waals surface area contributed by atoms with Gasteiger partial charge in [0.1, 0.15) is 16.8 Å². The highest BCUT2D eigenvalue weighted by Crippen LogP contribution is 2.37. The van der Waals surface area contributed by atoms with Gasteiger partial charge < -0.3 is 24.1 Å². The molecule has 0 bridgehead atoms. The highest BCUT2D eigenvalue weighted by Gasteiger charge is 2.52. The molecule has 2 heterocycles. The van der Waals surface area contributed by atoms with E-state index < -0.39 is 5.54 Å². The number of amides is 1. The molecule has 1 N–H and O–H groups in total. The minimum absolute atomic E-state index is 0.1000. The van der Waals surface area contributed by atoms with Crippen LogP contribution in [0.4, 0.5) is 6.01 Å². The number of hydrogen-bond donors (Lipinski definition) is 1. The monoisotopic (exact) mass is 387 g/mol. The molecule has 0 radical (unpaired) electrons. The molecule has 1 saturated heterocycles. The normalized spacial score (nSPS) is 20.6. The summed E-state index contributed by atoms with van der Waals surface area (Å²) in [5.41, 5.74) is 0.673. The van der Waals surface area contributed by atoms with Crippen molar-refractivity contribution in [3.63, 3.8) is 0 Å². The van der Waals surface area contributed by atoms with Crippen LogP contribution in [0.2, 0.25) is 0 Å². The first kappa shape index (κ1) is 18.6. The Bertz CT molecular complexity index is 889. The number of hydrogen-bond acceptors (Lipinski definition) is 7. The third-order valence-corrected chi connectivity index (χ3v) is 5.55. The summed E-state index contributed by atoms with van der Waals surface area (Å²) >= 11 is 0. The van der Waals surface area contributed by atoms with Gasteiger partial charge in [0.15, 0.2) is 5.58 Å². The van der Waals surface area contributed by atoms with Crippen molar-refractivity contribution in [2.45, 2.75) is 37.6 Å². The number of esters is 1. The maximum absolute atomic E-state index is 12.5. The van der Waals surface area contributed by atoms with E-state index in [-0.39, 0.29) is 17.8 Å². The molecule has 4 rings (SSSR count). The average molecular weight is 387 g/mol. The second kappa shape index (κ2) is 7.33. The molecule has 8 heteroatoms. The number of aromatic nitrogens is 1. The molecule has 1 amide bonds. The summed E-state index contributed by atoms with van der Waals surface area (Å²) < 4.78 is 15.9. The molecule has 1 aliphatic heterocycles. The second-order valence-electron chi connectivity index (χ2n) is 7.61. The molecule has 2 fully saturated rings. The van der Waals surface area contributed by atoms with E-state index in [4.69, 9.17) is 13.9 Å². The van der Waals surface area contributed by atoms with Crippen LogP contribution in [0.25, 0.3) is 11.1 Å². The number of nitrogens with zero attached hydrogens (tertiary/aromatic N) is 2. The smallest absolute Gasteiger partial charge is 0.331 e. The van der Waals surface area contributed by atoms with E-state index in [0.29, 0.717) is 37.4 Å². The van der Waals surface area contributed by atoms with Crippen LogP contribution < -0.4 is 15.0 Å². The Morgan fingerprint density at radius 3 is 2.89 bits per heavy atom. The Hall–Kier alpha value is -2.77. The largest absolute Gasteiger partial charge is 0.497 e. The lowest BCUT2D eigenvalue weighted by molar-refractivity contribution is -0.146. The van der Waals surface area contributed by atoms with Gasteiger partial charge in [0.25, 0.3) is 6.01 Å². The summed E-state index contributed by atoms with van der Waals surface area (Å²) in [6.45, 7) is 1.54. The van der Waals surface area contributed by atoms with E-state index in [9.17, 15) is 9.59 Å². The minimum atomic E-state index is -0.792. The van der Waals surface area contributed by atoms with E-state index in [1.807, 2.05) is 18.2 Å². The lowest BCUT2D eigenvalue weighted by Crippen LogP contribution is -2.45. The van der Waals surface area contributed by atoms with Gasteiger partial charge in [-0.3, -0.25) is 4.79 Å². The molecule has 2 aliphatic rings. The van der Waals surface area contributed by atoms with E-state index in [1.165, 1.54) is 7.11 Å². The van der Waals surface area contributed by atoms with Crippen LogP contribution in [-0.2, 0) is 14.3 Å². The predicted molar refractivity (Wildman–Crippen MR) is 102 cm³/mol. The van der Waals surface area contributed by atoms with Crippen molar-refractivity contribution >= 4 is 29.0 Å². The van der Waals surface area contributed by atoms with Gasteiger partial charge in [-0.2, -0.15) is 4.98 Å². The van der Waals surface area contributed by atoms with Gasteiger partial charge in [0.05, 0.1) is 14.2 Å². The number of ether oxygens (including phenoxy) is 2. The lowest BCUT2D eigenvalue weighted by atomic mass is 9.94. The molecule has 2 aromatic rings. The van der Waals surface area contributed by atoms with Crippen molar-refractivity contribution in [2.24, 2.45) is 5.92 Å². The fourth-order valence-electron chi connectivity index (χ4n) is 3.84. The van der Waals surface area contributed by atoms with E-state index in [2.05, 4.69) is 15.2 Å².